The van der Waals surface area contributed by atoms with E-state index >= 15 is 0 Å². The maximum atomic E-state index is 13.1. The van der Waals surface area contributed by atoms with Gasteiger partial charge >= 0.3 is 0 Å². The number of nitrogens with zero attached hydrogens (tertiary/aromatic N) is 3. The number of methoxy groups -OCH3 is 1. The van der Waals surface area contributed by atoms with E-state index < -0.39 is 0 Å². The zero-order chi connectivity index (χ0) is 17.9. The Balaban J connectivity index is 1.80. The van der Waals surface area contributed by atoms with Gasteiger partial charge in [-0.3, -0.25) is 14.3 Å². The van der Waals surface area contributed by atoms with Crippen molar-refractivity contribution in [3.8, 4) is 11.4 Å². The van der Waals surface area contributed by atoms with E-state index in [0.29, 0.717) is 15.6 Å². The second-order valence-corrected chi connectivity index (χ2v) is 7.38. The van der Waals surface area contributed by atoms with Crippen LogP contribution in [0.5, 0.6) is 5.75 Å². The van der Waals surface area contributed by atoms with E-state index in [0.717, 1.165) is 22.5 Å². The fourth-order valence-electron chi connectivity index (χ4n) is 2.58. The molecule has 0 saturated carbocycles. The third-order valence-electron chi connectivity index (χ3n) is 3.87. The summed E-state index contributed by atoms with van der Waals surface area (Å²) in [7, 11) is 1.62. The second kappa shape index (κ2) is 7.31. The van der Waals surface area contributed by atoms with Crippen molar-refractivity contribution in [2.75, 3.05) is 7.11 Å². The highest BCUT2D eigenvalue weighted by Gasteiger charge is 2.14. The fourth-order valence-corrected chi connectivity index (χ4v) is 4.29. The predicted molar refractivity (Wildman–Crippen MR) is 106 cm³/mol. The van der Waals surface area contributed by atoms with Crippen molar-refractivity contribution < 1.29 is 4.74 Å². The third-order valence-corrected chi connectivity index (χ3v) is 5.77. The maximum Gasteiger partial charge on any atom is 0.276 e. The number of fused-ring (bicyclic) bond motifs is 1. The summed E-state index contributed by atoms with van der Waals surface area (Å²) in [6.07, 6.45) is 3.57. The summed E-state index contributed by atoms with van der Waals surface area (Å²) in [4.78, 5) is 21.9. The minimum Gasteiger partial charge on any atom is -0.497 e. The molecule has 1 aromatic carbocycles. The van der Waals surface area contributed by atoms with Crippen molar-refractivity contribution >= 4 is 33.3 Å². The van der Waals surface area contributed by atoms with Crippen LogP contribution >= 0.6 is 23.1 Å². The molecule has 26 heavy (non-hydrogen) atoms. The van der Waals surface area contributed by atoms with Gasteiger partial charge in [0.1, 0.15) is 10.4 Å². The van der Waals surface area contributed by atoms with Crippen LogP contribution in [-0.4, -0.2) is 21.6 Å². The fraction of sp³-hybridized carbons (Fsp3) is 0.105. The minimum absolute atomic E-state index is 0.0520. The first-order valence-corrected chi connectivity index (χ1v) is 9.79. The molecule has 0 atom stereocenters. The number of hydrogen-bond acceptors (Lipinski definition) is 6. The van der Waals surface area contributed by atoms with Crippen molar-refractivity contribution in [3.05, 3.63) is 76.2 Å². The van der Waals surface area contributed by atoms with Gasteiger partial charge in [-0.2, -0.15) is 0 Å². The average molecular weight is 381 g/mol. The molecule has 0 unspecified atom stereocenters. The number of rotatable bonds is 5. The monoisotopic (exact) mass is 381 g/mol. The summed E-state index contributed by atoms with van der Waals surface area (Å²) in [5.41, 5.74) is 2.54. The molecule has 0 aliphatic rings. The molecule has 0 amide bonds. The normalized spacial score (nSPS) is 11.0. The molecular weight excluding hydrogens is 366 g/mol. The number of benzene rings is 1. The highest BCUT2D eigenvalue weighted by Crippen LogP contribution is 2.26. The van der Waals surface area contributed by atoms with Crippen LogP contribution in [0.25, 0.3) is 15.9 Å². The van der Waals surface area contributed by atoms with Crippen LogP contribution in [0.2, 0.25) is 0 Å². The summed E-state index contributed by atoms with van der Waals surface area (Å²) in [5.74, 6) is 1.43. The molecule has 3 heterocycles. The van der Waals surface area contributed by atoms with Crippen molar-refractivity contribution in [2.45, 2.75) is 10.9 Å². The molecule has 0 N–H and O–H groups in total. The topological polar surface area (TPSA) is 57.0 Å². The van der Waals surface area contributed by atoms with E-state index in [4.69, 9.17) is 9.72 Å². The van der Waals surface area contributed by atoms with Crippen molar-refractivity contribution in [1.29, 1.82) is 0 Å². The summed E-state index contributed by atoms with van der Waals surface area (Å²) in [6.45, 7) is 0. The molecule has 0 spiro atoms. The summed E-state index contributed by atoms with van der Waals surface area (Å²) in [5, 5.41) is 2.56. The van der Waals surface area contributed by atoms with Crippen LogP contribution in [0.1, 0.15) is 5.56 Å². The van der Waals surface area contributed by atoms with E-state index in [-0.39, 0.29) is 5.56 Å². The number of pyridine rings is 1. The summed E-state index contributed by atoms with van der Waals surface area (Å²) in [6, 6.07) is 13.2. The molecule has 130 valence electrons. The Morgan fingerprint density at radius 1 is 1.19 bits per heavy atom. The van der Waals surface area contributed by atoms with Gasteiger partial charge in [0.25, 0.3) is 5.56 Å². The van der Waals surface area contributed by atoms with Crippen LogP contribution < -0.4 is 10.3 Å². The quantitative estimate of drug-likeness (QED) is 0.384. The Morgan fingerprint density at radius 2 is 2.04 bits per heavy atom. The number of thioether (sulfide) groups is 1. The van der Waals surface area contributed by atoms with Gasteiger partial charge in [0.15, 0.2) is 5.16 Å². The van der Waals surface area contributed by atoms with Crippen LogP contribution in [0.3, 0.4) is 0 Å². The van der Waals surface area contributed by atoms with Gasteiger partial charge in [0.05, 0.1) is 18.3 Å². The van der Waals surface area contributed by atoms with Crippen LogP contribution in [0.15, 0.2) is 70.2 Å². The zero-order valence-corrected chi connectivity index (χ0v) is 15.6. The zero-order valence-electron chi connectivity index (χ0n) is 14.0. The Hall–Kier alpha value is -2.64. The van der Waals surface area contributed by atoms with Gasteiger partial charge in [0, 0.05) is 18.1 Å². The highest BCUT2D eigenvalue weighted by molar-refractivity contribution is 7.98. The van der Waals surface area contributed by atoms with E-state index in [1.807, 2.05) is 54.0 Å². The standard InChI is InChI=1S/C19H15N3O2S2/c1-24-15-6-4-14(5-7-15)22-18(23)17-16(8-10-25-17)21-19(22)26-12-13-3-2-9-20-11-13/h2-11H,12H2,1H3. The van der Waals surface area contributed by atoms with Gasteiger partial charge in [-0.05, 0) is 47.3 Å². The largest absolute Gasteiger partial charge is 0.497 e. The predicted octanol–water partition coefficient (Wildman–Crippen LogP) is 4.14. The molecule has 0 radical (unpaired) electrons. The second-order valence-electron chi connectivity index (χ2n) is 5.52. The van der Waals surface area contributed by atoms with Crippen molar-refractivity contribution in [3.63, 3.8) is 0 Å². The van der Waals surface area contributed by atoms with E-state index in [1.54, 1.807) is 17.9 Å². The number of aromatic nitrogens is 3. The van der Waals surface area contributed by atoms with E-state index in [1.165, 1.54) is 23.1 Å². The molecule has 4 rings (SSSR count). The third kappa shape index (κ3) is 3.23. The maximum absolute atomic E-state index is 13.1. The van der Waals surface area contributed by atoms with E-state index in [9.17, 15) is 4.79 Å². The molecule has 5 nitrogen and oxygen atoms in total. The molecular formula is C19H15N3O2S2. The van der Waals surface area contributed by atoms with E-state index in [2.05, 4.69) is 4.98 Å². The van der Waals surface area contributed by atoms with Gasteiger partial charge in [-0.1, -0.05) is 17.8 Å². The smallest absolute Gasteiger partial charge is 0.276 e. The van der Waals surface area contributed by atoms with Gasteiger partial charge in [-0.25, -0.2) is 4.98 Å². The first kappa shape index (κ1) is 16.8. The lowest BCUT2D eigenvalue weighted by molar-refractivity contribution is 0.414. The number of thiophene rings is 1. The molecule has 0 saturated heterocycles. The van der Waals surface area contributed by atoms with Crippen LogP contribution in [0, 0.1) is 0 Å². The molecule has 0 bridgehead atoms. The van der Waals surface area contributed by atoms with Gasteiger partial charge < -0.3 is 4.74 Å². The van der Waals surface area contributed by atoms with Gasteiger partial charge in [0.2, 0.25) is 0 Å². The Kier molecular flexibility index (Phi) is 4.73. The Labute approximate surface area is 158 Å². The molecule has 0 aliphatic carbocycles. The van der Waals surface area contributed by atoms with Gasteiger partial charge in [-0.15, -0.1) is 11.3 Å². The first-order chi connectivity index (χ1) is 12.8. The number of hydrogen-bond donors (Lipinski definition) is 0. The average Bonchev–Trinajstić information content (AvgIpc) is 3.16. The molecule has 7 heteroatoms. The highest BCUT2D eigenvalue weighted by atomic mass is 32.2. The summed E-state index contributed by atoms with van der Waals surface area (Å²) < 4.78 is 7.54. The molecule has 0 fully saturated rings. The molecule has 4 aromatic rings. The Bertz CT molecular complexity index is 1090. The lowest BCUT2D eigenvalue weighted by Crippen LogP contribution is -2.20. The van der Waals surface area contributed by atoms with Crippen LogP contribution in [0.4, 0.5) is 0 Å². The van der Waals surface area contributed by atoms with Crippen molar-refractivity contribution in [2.24, 2.45) is 0 Å². The molecule has 0 aliphatic heterocycles. The number of ether oxygens (including phenoxy) is 1. The van der Waals surface area contributed by atoms with Crippen LogP contribution in [-0.2, 0) is 5.75 Å². The molecule has 3 aromatic heterocycles. The Morgan fingerprint density at radius 3 is 2.77 bits per heavy atom. The van der Waals surface area contributed by atoms with Crippen molar-refractivity contribution in [1.82, 2.24) is 14.5 Å². The minimum atomic E-state index is -0.0520. The lowest BCUT2D eigenvalue weighted by atomic mass is 10.3. The summed E-state index contributed by atoms with van der Waals surface area (Å²) >= 11 is 2.94. The first-order valence-electron chi connectivity index (χ1n) is 7.92. The SMILES string of the molecule is COc1ccc(-n2c(SCc3cccnc3)nc3ccsc3c2=O)cc1. The lowest BCUT2D eigenvalue weighted by Gasteiger charge is -2.12.